The predicted molar refractivity (Wildman–Crippen MR) is 337 cm³/mol. The van der Waals surface area contributed by atoms with Gasteiger partial charge in [0.05, 0.1) is 5.60 Å². The van der Waals surface area contributed by atoms with Crippen LogP contribution in [0.5, 0.6) is 0 Å². The first-order chi connectivity index (χ1) is 40.0. The summed E-state index contributed by atoms with van der Waals surface area (Å²) in [5.74, 6) is -9.14. The van der Waals surface area contributed by atoms with E-state index >= 15 is 14.4 Å². The Bertz CT molecular complexity index is 2440. The molecule has 0 radical (unpaired) electrons. The Morgan fingerprint density at radius 3 is 1.46 bits per heavy atom. The van der Waals surface area contributed by atoms with Crippen molar-refractivity contribution in [3.8, 4) is 0 Å². The molecule has 23 heteroatoms. The maximum Gasteiger partial charge on any atom is 0.270 e. The van der Waals surface area contributed by atoms with E-state index in [1.54, 1.807) is 34.6 Å². The zero-order chi connectivity index (χ0) is 67.6. The average Bonchev–Trinajstić information content (AvgIpc) is 1.22. The van der Waals surface area contributed by atoms with Crippen molar-refractivity contribution in [2.75, 3.05) is 49.3 Å². The summed E-state index contributed by atoms with van der Waals surface area (Å²) in [6.45, 7) is 33.4. The number of hydrogen-bond acceptors (Lipinski definition) is 12. The number of likely N-dealkylation sites (N-methyl/N-ethyl adjacent to an activating group) is 7. The molecule has 87 heavy (non-hydrogen) atoms. The number of carbonyl (C=O) groups excluding carboxylic acids is 11. The highest BCUT2D eigenvalue weighted by atomic mass is 16.3. The molecular weight excluding hydrogens is 1110 g/mol. The molecule has 0 aromatic heterocycles. The van der Waals surface area contributed by atoms with E-state index in [4.69, 9.17) is 0 Å². The van der Waals surface area contributed by atoms with Crippen molar-refractivity contribution in [3.05, 3.63) is 24.4 Å². The minimum atomic E-state index is -1.57. The Balaban J connectivity index is 4.38. The normalized spacial score (nSPS) is 26.3. The molecule has 0 spiro atoms. The van der Waals surface area contributed by atoms with Crippen LogP contribution in [0.1, 0.15) is 169 Å². The van der Waals surface area contributed by atoms with E-state index in [1.807, 2.05) is 67.5 Å². The van der Waals surface area contributed by atoms with Crippen LogP contribution in [0.4, 0.5) is 0 Å². The molecule has 496 valence electrons. The topological polar surface area (TPSA) is 279 Å². The fourth-order valence-electron chi connectivity index (χ4n) is 10.8. The molecule has 23 nitrogen and oxygen atoms in total. The van der Waals surface area contributed by atoms with Gasteiger partial charge in [-0.05, 0) is 115 Å². The highest BCUT2D eigenvalue weighted by molar-refractivity contribution is 6.02. The van der Waals surface area contributed by atoms with Gasteiger partial charge in [0.25, 0.3) is 5.91 Å². The number of allylic oxidation sites excluding steroid dienone is 2. The summed E-state index contributed by atoms with van der Waals surface area (Å²) < 4.78 is 0. The molecule has 11 atom stereocenters. The largest absolute Gasteiger partial charge is 0.390 e. The van der Waals surface area contributed by atoms with Crippen molar-refractivity contribution in [2.24, 2.45) is 35.5 Å². The van der Waals surface area contributed by atoms with E-state index in [2.05, 4.69) is 27.8 Å². The summed E-state index contributed by atoms with van der Waals surface area (Å²) in [7, 11) is 9.88. The van der Waals surface area contributed by atoms with Gasteiger partial charge in [-0.25, -0.2) is 0 Å². The SMILES string of the molecule is C=C1C(=O)N(C)[C@@H](CC(C)(C)O)C(=O)N[C@H](C(C)C)C(=O)N(C)[C@H](CC(C)C)C(=O)N[C@H](C)C(=O)N[C@@H](C)C(=O)N(C)[C@@H](CC(C)C)C(=O)N(C)[C@@H](CCC(C)C)C(=O)N(C)[C@@H](C(C)C)C(=O)N(C)C(C[C@H](C)C/C=C/C)C(=O)N[C@@H](CC)C(=O)N1C. The molecule has 1 rings (SSSR count). The van der Waals surface area contributed by atoms with Crippen LogP contribution in [0.3, 0.4) is 0 Å². The van der Waals surface area contributed by atoms with E-state index < -0.39 is 149 Å². The van der Waals surface area contributed by atoms with Gasteiger partial charge in [0.2, 0.25) is 59.1 Å². The Labute approximate surface area is 520 Å². The van der Waals surface area contributed by atoms with Crippen molar-refractivity contribution >= 4 is 65.0 Å². The van der Waals surface area contributed by atoms with Gasteiger partial charge >= 0.3 is 0 Å². The number of nitrogens with zero attached hydrogens (tertiary/aromatic N) is 7. The monoisotopic (exact) mass is 1230 g/mol. The van der Waals surface area contributed by atoms with Gasteiger partial charge in [-0.1, -0.05) is 102 Å². The molecule has 1 aliphatic rings. The molecule has 0 aromatic rings. The van der Waals surface area contributed by atoms with Crippen LogP contribution in [0, 0.1) is 35.5 Å². The lowest BCUT2D eigenvalue weighted by Gasteiger charge is -2.41. The second-order valence-electron chi connectivity index (χ2n) is 26.8. The van der Waals surface area contributed by atoms with Gasteiger partial charge in [0, 0.05) is 55.8 Å². The van der Waals surface area contributed by atoms with Gasteiger partial charge in [0.1, 0.15) is 66.1 Å². The molecular formula is C64H113N11O12. The van der Waals surface area contributed by atoms with Gasteiger partial charge in [0.15, 0.2) is 0 Å². The standard InChI is InChI=1S/C64H113N11O12/c1-26-28-29-41(13)34-48-55(78)67-45(27-2)59(82)69(19)44(16)58(81)74(24)50(35-64(17,18)87)56(79)68-51(39(9)10)62(85)71(21)47(32-37(5)6)54(77)65-42(14)53(76)66-43(15)57(80)73(23)49(33-38(7)8)61(84)70(20)46(31-30-36(3)4)60(83)75(25)52(40(11)12)63(86)72(48)22/h26,28,36-43,45-52,87H,16,27,29-35H2,1-15,17-25H3,(H,65,77)(H,66,76)(H,67,78)(H,68,79)/b28-26+/t41-,42-,43+,45+,46+,47-,48?,49+,50+,51-,52+/m1/s1. The predicted octanol–water partition coefficient (Wildman–Crippen LogP) is 4.32. The highest BCUT2D eigenvalue weighted by Gasteiger charge is 2.44. The van der Waals surface area contributed by atoms with Crippen LogP contribution >= 0.6 is 0 Å². The summed E-state index contributed by atoms with van der Waals surface area (Å²) in [5, 5.41) is 22.1. The maximum absolute atomic E-state index is 15.2. The van der Waals surface area contributed by atoms with E-state index in [0.29, 0.717) is 12.8 Å². The molecule has 0 saturated carbocycles. The smallest absolute Gasteiger partial charge is 0.270 e. The molecule has 1 unspecified atom stereocenters. The quantitative estimate of drug-likeness (QED) is 0.107. The number of carbonyl (C=O) groups is 11. The first-order valence-electron chi connectivity index (χ1n) is 31.1. The Morgan fingerprint density at radius 2 is 0.977 bits per heavy atom. The minimum absolute atomic E-state index is 0.0259. The van der Waals surface area contributed by atoms with Gasteiger partial charge in [-0.15, -0.1) is 0 Å². The van der Waals surface area contributed by atoms with Crippen LogP contribution in [-0.2, 0) is 52.7 Å². The van der Waals surface area contributed by atoms with Crippen molar-refractivity contribution in [1.29, 1.82) is 0 Å². The lowest BCUT2D eigenvalue weighted by molar-refractivity contribution is -0.156. The minimum Gasteiger partial charge on any atom is -0.390 e. The molecule has 1 saturated heterocycles. The lowest BCUT2D eigenvalue weighted by Crippen LogP contribution is -2.61. The number of aliphatic hydroxyl groups is 1. The Morgan fingerprint density at radius 1 is 0.517 bits per heavy atom. The summed E-state index contributed by atoms with van der Waals surface area (Å²) >= 11 is 0. The number of amides is 11. The third kappa shape index (κ3) is 22.6. The average molecular weight is 1230 g/mol. The van der Waals surface area contributed by atoms with Crippen molar-refractivity contribution in [2.45, 2.75) is 235 Å². The van der Waals surface area contributed by atoms with E-state index in [-0.39, 0.29) is 62.2 Å². The third-order valence-corrected chi connectivity index (χ3v) is 16.4. The molecule has 0 aromatic carbocycles. The molecule has 5 N–H and O–H groups in total. The maximum atomic E-state index is 15.2. The van der Waals surface area contributed by atoms with Crippen LogP contribution < -0.4 is 21.3 Å². The van der Waals surface area contributed by atoms with Gasteiger partial charge in [-0.3, -0.25) is 52.7 Å². The molecule has 0 aliphatic carbocycles. The lowest BCUT2D eigenvalue weighted by atomic mass is 9.94. The van der Waals surface area contributed by atoms with Gasteiger partial charge in [-0.2, -0.15) is 0 Å². The fraction of sp³-hybridized carbons (Fsp3) is 0.766. The van der Waals surface area contributed by atoms with Crippen molar-refractivity contribution in [1.82, 2.24) is 55.6 Å². The Hall–Kier alpha value is -6.39. The summed E-state index contributed by atoms with van der Waals surface area (Å²) in [5.41, 5.74) is -1.96. The molecule has 11 amide bonds. The number of hydrogen-bond donors (Lipinski definition) is 5. The number of nitrogens with one attached hydrogen (secondary N) is 4. The second-order valence-corrected chi connectivity index (χ2v) is 26.8. The highest BCUT2D eigenvalue weighted by Crippen LogP contribution is 2.26. The summed E-state index contributed by atoms with van der Waals surface area (Å²) in [6.07, 6.45) is 5.16. The number of rotatable bonds is 16. The summed E-state index contributed by atoms with van der Waals surface area (Å²) in [4.78, 5) is 169. The van der Waals surface area contributed by atoms with Crippen LogP contribution in [-0.4, -0.2) is 220 Å². The molecule has 1 heterocycles. The molecule has 0 bridgehead atoms. The first kappa shape index (κ1) is 78.6. The van der Waals surface area contributed by atoms with E-state index in [1.165, 1.54) is 102 Å². The van der Waals surface area contributed by atoms with Crippen molar-refractivity contribution in [3.63, 3.8) is 0 Å². The van der Waals surface area contributed by atoms with Gasteiger partial charge < -0.3 is 60.7 Å². The van der Waals surface area contributed by atoms with Crippen LogP contribution in [0.2, 0.25) is 0 Å². The molecule has 1 aliphatic heterocycles. The fourth-order valence-corrected chi connectivity index (χ4v) is 10.8. The van der Waals surface area contributed by atoms with Crippen LogP contribution in [0.15, 0.2) is 24.4 Å². The second kappa shape index (κ2) is 35.0. The van der Waals surface area contributed by atoms with Crippen LogP contribution in [0.25, 0.3) is 0 Å². The molecule has 1 fully saturated rings. The summed E-state index contributed by atoms with van der Waals surface area (Å²) in [6, 6.07) is -12.3. The zero-order valence-corrected chi connectivity index (χ0v) is 57.3. The Kier molecular flexibility index (Phi) is 31.6. The first-order valence-corrected chi connectivity index (χ1v) is 31.1. The third-order valence-electron chi connectivity index (χ3n) is 16.4. The van der Waals surface area contributed by atoms with E-state index in [0.717, 1.165) is 9.80 Å². The van der Waals surface area contributed by atoms with E-state index in [9.17, 15) is 43.5 Å². The van der Waals surface area contributed by atoms with Crippen molar-refractivity contribution < 1.29 is 57.8 Å². The zero-order valence-electron chi connectivity index (χ0n) is 57.3.